The number of benzene rings is 1. The average Bonchev–Trinajstić information content (AvgIpc) is 2.81. The van der Waals surface area contributed by atoms with Gasteiger partial charge in [0.1, 0.15) is 17.7 Å². The summed E-state index contributed by atoms with van der Waals surface area (Å²) in [5.74, 6) is 1.13. The van der Waals surface area contributed by atoms with Crippen LogP contribution in [0.4, 0.5) is 11.5 Å². The minimum atomic E-state index is 0.395. The standard InChI is InChI=1S/C12H11ClN6/c13-7-2-1-3-8(4-7)15-5-9-18-10-11(14)16-6-17-12(10)19-9/h1-4,6,15H,5H2,(H3,14,16,17,18,19). The molecular formula is C12H11ClN6. The molecule has 0 bridgehead atoms. The summed E-state index contributed by atoms with van der Waals surface area (Å²) < 4.78 is 0. The van der Waals surface area contributed by atoms with Gasteiger partial charge in [-0.3, -0.25) is 0 Å². The molecule has 0 saturated heterocycles. The van der Waals surface area contributed by atoms with Crippen LogP contribution in [0.3, 0.4) is 0 Å². The van der Waals surface area contributed by atoms with Gasteiger partial charge in [0, 0.05) is 10.7 Å². The molecule has 4 N–H and O–H groups in total. The number of halogens is 1. The molecule has 0 unspecified atom stereocenters. The predicted octanol–water partition coefficient (Wildman–Crippen LogP) is 2.20. The molecule has 0 aliphatic rings. The van der Waals surface area contributed by atoms with Crippen LogP contribution in [0.15, 0.2) is 30.6 Å². The summed E-state index contributed by atoms with van der Waals surface area (Å²) in [4.78, 5) is 15.4. The quantitative estimate of drug-likeness (QED) is 0.681. The second-order valence-corrected chi connectivity index (χ2v) is 4.44. The van der Waals surface area contributed by atoms with Crippen LogP contribution in [0.25, 0.3) is 11.2 Å². The van der Waals surface area contributed by atoms with E-state index in [1.807, 2.05) is 24.3 Å². The third-order valence-electron chi connectivity index (χ3n) is 2.65. The molecule has 0 atom stereocenters. The van der Waals surface area contributed by atoms with E-state index in [1.165, 1.54) is 6.33 Å². The Morgan fingerprint density at radius 1 is 1.32 bits per heavy atom. The van der Waals surface area contributed by atoms with Crippen molar-refractivity contribution in [1.29, 1.82) is 0 Å². The highest BCUT2D eigenvalue weighted by atomic mass is 35.5. The topological polar surface area (TPSA) is 92.5 Å². The summed E-state index contributed by atoms with van der Waals surface area (Å²) in [6, 6.07) is 7.48. The lowest BCUT2D eigenvalue weighted by Gasteiger charge is -2.03. The van der Waals surface area contributed by atoms with Gasteiger partial charge in [0.25, 0.3) is 0 Å². The molecule has 0 saturated carbocycles. The van der Waals surface area contributed by atoms with E-state index in [9.17, 15) is 0 Å². The highest BCUT2D eigenvalue weighted by Gasteiger charge is 2.06. The van der Waals surface area contributed by atoms with Crippen molar-refractivity contribution >= 4 is 34.3 Å². The molecule has 7 heteroatoms. The number of nitrogens with two attached hydrogens (primary N) is 1. The molecule has 0 amide bonds. The van der Waals surface area contributed by atoms with Gasteiger partial charge in [0.15, 0.2) is 11.5 Å². The van der Waals surface area contributed by atoms with Gasteiger partial charge in [-0.1, -0.05) is 17.7 Å². The van der Waals surface area contributed by atoms with Crippen LogP contribution in [-0.4, -0.2) is 19.9 Å². The van der Waals surface area contributed by atoms with Gasteiger partial charge in [-0.05, 0) is 18.2 Å². The Morgan fingerprint density at radius 2 is 2.21 bits per heavy atom. The summed E-state index contributed by atoms with van der Waals surface area (Å²) in [5.41, 5.74) is 7.88. The third-order valence-corrected chi connectivity index (χ3v) is 2.89. The largest absolute Gasteiger partial charge is 0.382 e. The van der Waals surface area contributed by atoms with Crippen molar-refractivity contribution in [2.75, 3.05) is 11.1 Å². The second kappa shape index (κ2) is 4.74. The number of H-pyrrole nitrogens is 1. The van der Waals surface area contributed by atoms with Gasteiger partial charge in [0.2, 0.25) is 0 Å². The Balaban J connectivity index is 1.80. The summed E-state index contributed by atoms with van der Waals surface area (Å²) in [5, 5.41) is 3.90. The van der Waals surface area contributed by atoms with Gasteiger partial charge >= 0.3 is 0 Å². The monoisotopic (exact) mass is 274 g/mol. The number of rotatable bonds is 3. The average molecular weight is 275 g/mol. The van der Waals surface area contributed by atoms with Crippen molar-refractivity contribution in [2.45, 2.75) is 6.54 Å². The zero-order valence-electron chi connectivity index (χ0n) is 9.89. The Morgan fingerprint density at radius 3 is 3.00 bits per heavy atom. The van der Waals surface area contributed by atoms with E-state index in [0.29, 0.717) is 28.5 Å². The summed E-state index contributed by atoms with van der Waals surface area (Å²) in [7, 11) is 0. The zero-order valence-corrected chi connectivity index (χ0v) is 10.6. The minimum absolute atomic E-state index is 0.395. The van der Waals surface area contributed by atoms with Crippen LogP contribution in [0.2, 0.25) is 5.02 Å². The summed E-state index contributed by atoms with van der Waals surface area (Å²) in [6.45, 7) is 0.524. The van der Waals surface area contributed by atoms with E-state index in [2.05, 4.69) is 25.3 Å². The normalized spacial score (nSPS) is 10.8. The fraction of sp³-hybridized carbons (Fsp3) is 0.0833. The van der Waals surface area contributed by atoms with E-state index >= 15 is 0 Å². The molecule has 0 fully saturated rings. The Kier molecular flexibility index (Phi) is 2.92. The van der Waals surface area contributed by atoms with Crippen LogP contribution < -0.4 is 11.1 Å². The maximum Gasteiger partial charge on any atom is 0.183 e. The predicted molar refractivity (Wildman–Crippen MR) is 74.9 cm³/mol. The van der Waals surface area contributed by atoms with Crippen molar-refractivity contribution in [3.63, 3.8) is 0 Å². The number of aromatic amines is 1. The first-order chi connectivity index (χ1) is 9.22. The van der Waals surface area contributed by atoms with E-state index < -0.39 is 0 Å². The smallest absolute Gasteiger partial charge is 0.183 e. The molecule has 2 heterocycles. The third kappa shape index (κ3) is 2.43. The lowest BCUT2D eigenvalue weighted by atomic mass is 10.3. The van der Waals surface area contributed by atoms with Gasteiger partial charge in [0.05, 0.1) is 6.54 Å². The summed E-state index contributed by atoms with van der Waals surface area (Å²) >= 11 is 5.91. The molecule has 3 rings (SSSR count). The van der Waals surface area contributed by atoms with Gasteiger partial charge in [-0.2, -0.15) is 0 Å². The number of fused-ring (bicyclic) bond motifs is 1. The first-order valence-corrected chi connectivity index (χ1v) is 6.04. The van der Waals surface area contributed by atoms with Crippen LogP contribution in [-0.2, 0) is 6.54 Å². The maximum atomic E-state index is 5.91. The fourth-order valence-corrected chi connectivity index (χ4v) is 1.95. The van der Waals surface area contributed by atoms with E-state index in [0.717, 1.165) is 11.5 Å². The van der Waals surface area contributed by atoms with Crippen molar-refractivity contribution in [1.82, 2.24) is 19.9 Å². The molecular weight excluding hydrogens is 264 g/mol. The number of anilines is 2. The molecule has 19 heavy (non-hydrogen) atoms. The number of imidazole rings is 1. The van der Waals surface area contributed by atoms with Crippen LogP contribution >= 0.6 is 11.6 Å². The van der Waals surface area contributed by atoms with Crippen LogP contribution in [0.5, 0.6) is 0 Å². The van der Waals surface area contributed by atoms with Gasteiger partial charge in [-0.15, -0.1) is 0 Å². The highest BCUT2D eigenvalue weighted by molar-refractivity contribution is 6.30. The molecule has 2 aromatic heterocycles. The Bertz CT molecular complexity index is 723. The first kappa shape index (κ1) is 11.7. The summed E-state index contributed by atoms with van der Waals surface area (Å²) in [6.07, 6.45) is 1.40. The maximum absolute atomic E-state index is 5.91. The van der Waals surface area contributed by atoms with Gasteiger partial charge in [-0.25, -0.2) is 15.0 Å². The first-order valence-electron chi connectivity index (χ1n) is 5.67. The van der Waals surface area contributed by atoms with Crippen molar-refractivity contribution in [2.24, 2.45) is 0 Å². The number of aromatic nitrogens is 4. The Hall–Kier alpha value is -2.34. The highest BCUT2D eigenvalue weighted by Crippen LogP contribution is 2.17. The molecule has 0 spiro atoms. The molecule has 0 aliphatic carbocycles. The number of nitrogens with zero attached hydrogens (tertiary/aromatic N) is 3. The fourth-order valence-electron chi connectivity index (χ4n) is 1.76. The molecule has 0 aliphatic heterocycles. The van der Waals surface area contributed by atoms with E-state index in [1.54, 1.807) is 0 Å². The number of hydrogen-bond acceptors (Lipinski definition) is 5. The number of nitrogens with one attached hydrogen (secondary N) is 2. The van der Waals surface area contributed by atoms with E-state index in [4.69, 9.17) is 17.3 Å². The Labute approximate surface area is 114 Å². The lowest BCUT2D eigenvalue weighted by Crippen LogP contribution is -2.00. The van der Waals surface area contributed by atoms with Crippen molar-refractivity contribution in [3.05, 3.63) is 41.4 Å². The van der Waals surface area contributed by atoms with Crippen molar-refractivity contribution < 1.29 is 0 Å². The zero-order chi connectivity index (χ0) is 13.2. The molecule has 96 valence electrons. The second-order valence-electron chi connectivity index (χ2n) is 4.00. The number of hydrogen-bond donors (Lipinski definition) is 3. The van der Waals surface area contributed by atoms with Crippen molar-refractivity contribution in [3.8, 4) is 0 Å². The van der Waals surface area contributed by atoms with Crippen LogP contribution in [0, 0.1) is 0 Å². The SMILES string of the molecule is Nc1ncnc2nc(CNc3cccc(Cl)c3)[nH]c12. The van der Waals surface area contributed by atoms with E-state index in [-0.39, 0.29) is 0 Å². The molecule has 1 aromatic carbocycles. The molecule has 0 radical (unpaired) electrons. The minimum Gasteiger partial charge on any atom is -0.382 e. The number of nitrogen functional groups attached to an aromatic ring is 1. The van der Waals surface area contributed by atoms with Gasteiger partial charge < -0.3 is 16.0 Å². The lowest BCUT2D eigenvalue weighted by molar-refractivity contribution is 1.01. The van der Waals surface area contributed by atoms with Crippen LogP contribution in [0.1, 0.15) is 5.82 Å². The molecule has 6 nitrogen and oxygen atoms in total. The molecule has 3 aromatic rings.